The number of unbranched alkanes of at least 4 members (excludes halogenated alkanes) is 3. The number of halogens is 2. The number of ether oxygens (including phenoxy) is 1. The lowest BCUT2D eigenvalue weighted by molar-refractivity contribution is 0.295. The van der Waals surface area contributed by atoms with E-state index in [1.54, 1.807) is 6.20 Å². The number of aromatic nitrogens is 1. The van der Waals surface area contributed by atoms with Crippen LogP contribution in [0.1, 0.15) is 62.8 Å². The Labute approximate surface area is 154 Å². The molecule has 0 fully saturated rings. The Morgan fingerprint density at radius 3 is 2.46 bits per heavy atom. The van der Waals surface area contributed by atoms with Crippen molar-refractivity contribution in [3.05, 3.63) is 58.9 Å². The lowest BCUT2D eigenvalue weighted by Crippen LogP contribution is -2.00. The minimum atomic E-state index is -0.999. The molecule has 0 aliphatic carbocycles. The summed E-state index contributed by atoms with van der Waals surface area (Å²) in [6.07, 6.45) is 8.37. The van der Waals surface area contributed by atoms with Gasteiger partial charge in [-0.05, 0) is 48.9 Å². The van der Waals surface area contributed by atoms with Crippen LogP contribution in [0.3, 0.4) is 0 Å². The molecule has 0 aliphatic rings. The van der Waals surface area contributed by atoms with E-state index in [1.165, 1.54) is 37.0 Å². The first-order chi connectivity index (χ1) is 12.7. The largest absolute Gasteiger partial charge is 0.490 e. The predicted molar refractivity (Wildman–Crippen MR) is 100 cm³/mol. The molecule has 0 amide bonds. The first-order valence-corrected chi connectivity index (χ1v) is 9.23. The fourth-order valence-corrected chi connectivity index (χ4v) is 2.49. The number of hydrogen-bond donors (Lipinski definition) is 0. The zero-order valence-electron chi connectivity index (χ0n) is 15.4. The number of benzene rings is 1. The maximum Gasteiger partial charge on any atom is 0.201 e. The molecule has 0 radical (unpaired) electrons. The van der Waals surface area contributed by atoms with E-state index < -0.39 is 11.6 Å². The average molecular weight is 357 g/mol. The molecule has 2 rings (SSSR count). The van der Waals surface area contributed by atoms with Gasteiger partial charge in [-0.1, -0.05) is 45.1 Å². The van der Waals surface area contributed by atoms with Crippen LogP contribution in [0.15, 0.2) is 30.5 Å². The number of nitrogens with zero attached hydrogens (tertiary/aromatic N) is 1. The van der Waals surface area contributed by atoms with Crippen molar-refractivity contribution >= 4 is 0 Å². The second kappa shape index (κ2) is 10.6. The van der Waals surface area contributed by atoms with Crippen LogP contribution in [0, 0.1) is 23.5 Å². The van der Waals surface area contributed by atoms with Crippen LogP contribution < -0.4 is 4.74 Å². The highest BCUT2D eigenvalue weighted by molar-refractivity contribution is 5.44. The van der Waals surface area contributed by atoms with E-state index in [-0.39, 0.29) is 11.3 Å². The van der Waals surface area contributed by atoms with E-state index in [2.05, 4.69) is 23.7 Å². The summed E-state index contributed by atoms with van der Waals surface area (Å²) < 4.78 is 33.2. The molecule has 0 N–H and O–H groups in total. The summed E-state index contributed by atoms with van der Waals surface area (Å²) in [6, 6.07) is 6.64. The summed E-state index contributed by atoms with van der Waals surface area (Å²) >= 11 is 0. The molecule has 0 unspecified atom stereocenters. The topological polar surface area (TPSA) is 22.1 Å². The molecular formula is C22H25F2NO. The Balaban J connectivity index is 2.03. The summed E-state index contributed by atoms with van der Waals surface area (Å²) in [4.78, 5) is 4.29. The van der Waals surface area contributed by atoms with Crippen molar-refractivity contribution in [1.29, 1.82) is 0 Å². The lowest BCUT2D eigenvalue weighted by Gasteiger charge is -2.06. The van der Waals surface area contributed by atoms with Gasteiger partial charge in [0.1, 0.15) is 5.69 Å². The zero-order chi connectivity index (χ0) is 18.8. The van der Waals surface area contributed by atoms with Crippen LogP contribution in [0.25, 0.3) is 0 Å². The summed E-state index contributed by atoms with van der Waals surface area (Å²) in [7, 11) is 0. The van der Waals surface area contributed by atoms with Crippen LogP contribution in [0.5, 0.6) is 5.75 Å². The van der Waals surface area contributed by atoms with Gasteiger partial charge in [0.2, 0.25) is 5.82 Å². The maximum atomic E-state index is 14.1. The van der Waals surface area contributed by atoms with Gasteiger partial charge in [-0.3, -0.25) is 0 Å². The molecule has 0 atom stereocenters. The van der Waals surface area contributed by atoms with Crippen molar-refractivity contribution in [2.75, 3.05) is 6.61 Å². The Morgan fingerprint density at radius 2 is 1.77 bits per heavy atom. The molecule has 26 heavy (non-hydrogen) atoms. The highest BCUT2D eigenvalue weighted by Gasteiger charge is 2.13. The maximum absolute atomic E-state index is 14.1. The van der Waals surface area contributed by atoms with Crippen molar-refractivity contribution in [3.8, 4) is 17.6 Å². The SMILES string of the molecule is CCCCCCc1ccc(C#Cc2ccc(OCCC)c(F)c2F)nc1. The second-order valence-electron chi connectivity index (χ2n) is 6.20. The monoisotopic (exact) mass is 357 g/mol. The molecular weight excluding hydrogens is 332 g/mol. The molecule has 138 valence electrons. The average Bonchev–Trinajstić information content (AvgIpc) is 2.66. The first kappa shape index (κ1) is 19.9. The minimum Gasteiger partial charge on any atom is -0.490 e. The van der Waals surface area contributed by atoms with Crippen molar-refractivity contribution in [2.45, 2.75) is 52.4 Å². The molecule has 0 bridgehead atoms. The zero-order valence-corrected chi connectivity index (χ0v) is 15.4. The number of pyridine rings is 1. The third-order valence-corrected chi connectivity index (χ3v) is 3.98. The van der Waals surface area contributed by atoms with Crippen molar-refractivity contribution in [2.24, 2.45) is 0 Å². The molecule has 0 saturated heterocycles. The molecule has 1 aromatic heterocycles. The van der Waals surface area contributed by atoms with Gasteiger partial charge in [-0.15, -0.1) is 0 Å². The minimum absolute atomic E-state index is 0.00297. The Morgan fingerprint density at radius 1 is 0.923 bits per heavy atom. The van der Waals surface area contributed by atoms with Gasteiger partial charge in [0.25, 0.3) is 0 Å². The molecule has 0 aliphatic heterocycles. The summed E-state index contributed by atoms with van der Waals surface area (Å²) in [6.45, 7) is 4.43. The third-order valence-electron chi connectivity index (χ3n) is 3.98. The molecule has 2 nitrogen and oxygen atoms in total. The highest BCUT2D eigenvalue weighted by Crippen LogP contribution is 2.22. The van der Waals surface area contributed by atoms with Crippen LogP contribution in [0.2, 0.25) is 0 Å². The van der Waals surface area contributed by atoms with Gasteiger partial charge in [0, 0.05) is 6.20 Å². The number of rotatable bonds is 8. The smallest absolute Gasteiger partial charge is 0.201 e. The fraction of sp³-hybridized carbons (Fsp3) is 0.409. The van der Waals surface area contributed by atoms with E-state index in [0.29, 0.717) is 12.3 Å². The van der Waals surface area contributed by atoms with Crippen LogP contribution in [-0.4, -0.2) is 11.6 Å². The molecule has 0 spiro atoms. The van der Waals surface area contributed by atoms with Gasteiger partial charge in [-0.2, -0.15) is 4.39 Å². The second-order valence-corrected chi connectivity index (χ2v) is 6.20. The van der Waals surface area contributed by atoms with Crippen molar-refractivity contribution in [1.82, 2.24) is 4.98 Å². The fourth-order valence-electron chi connectivity index (χ4n) is 2.49. The molecule has 0 saturated carbocycles. The first-order valence-electron chi connectivity index (χ1n) is 9.23. The standard InChI is InChI=1S/C22H25F2NO/c1-3-5-6-7-8-17-9-12-19(25-16-17)13-10-18-11-14-20(26-15-4-2)22(24)21(18)23/h9,11-12,14,16H,3-8,15H2,1-2H3. The van der Waals surface area contributed by atoms with Crippen LogP contribution in [0.4, 0.5) is 8.78 Å². The number of hydrogen-bond acceptors (Lipinski definition) is 2. The summed E-state index contributed by atoms with van der Waals surface area (Å²) in [5, 5.41) is 0. The van der Waals surface area contributed by atoms with Gasteiger partial charge in [0.15, 0.2) is 11.6 Å². The van der Waals surface area contributed by atoms with Gasteiger partial charge < -0.3 is 4.74 Å². The van der Waals surface area contributed by atoms with E-state index in [4.69, 9.17) is 4.74 Å². The van der Waals surface area contributed by atoms with Crippen molar-refractivity contribution in [3.63, 3.8) is 0 Å². The van der Waals surface area contributed by atoms with Gasteiger partial charge >= 0.3 is 0 Å². The van der Waals surface area contributed by atoms with Crippen molar-refractivity contribution < 1.29 is 13.5 Å². The van der Waals surface area contributed by atoms with E-state index in [9.17, 15) is 8.78 Å². The summed E-state index contributed by atoms with van der Waals surface area (Å²) in [5.41, 5.74) is 1.70. The van der Waals surface area contributed by atoms with Crippen LogP contribution >= 0.6 is 0 Å². The predicted octanol–water partition coefficient (Wildman–Crippen LogP) is 5.67. The molecule has 1 heterocycles. The molecule has 2 aromatic rings. The van der Waals surface area contributed by atoms with E-state index in [0.717, 1.165) is 19.3 Å². The highest BCUT2D eigenvalue weighted by atomic mass is 19.2. The molecule has 4 heteroatoms. The Bertz CT molecular complexity index is 760. The quantitative estimate of drug-likeness (QED) is 0.448. The normalized spacial score (nSPS) is 10.3. The Kier molecular flexibility index (Phi) is 8.08. The Hall–Kier alpha value is -2.41. The van der Waals surface area contributed by atoms with E-state index >= 15 is 0 Å². The lowest BCUT2D eigenvalue weighted by atomic mass is 10.1. The summed E-state index contributed by atoms with van der Waals surface area (Å²) in [5.74, 6) is 3.37. The van der Waals surface area contributed by atoms with Gasteiger partial charge in [-0.25, -0.2) is 9.37 Å². The third kappa shape index (κ3) is 5.84. The van der Waals surface area contributed by atoms with Gasteiger partial charge in [0.05, 0.1) is 12.2 Å². The number of aryl methyl sites for hydroxylation is 1. The van der Waals surface area contributed by atoms with E-state index in [1.807, 2.05) is 19.1 Å². The molecule has 1 aromatic carbocycles. The van der Waals surface area contributed by atoms with Crippen LogP contribution in [-0.2, 0) is 6.42 Å².